The van der Waals surface area contributed by atoms with Gasteiger partial charge in [0.1, 0.15) is 21.2 Å². The van der Waals surface area contributed by atoms with Crippen molar-refractivity contribution in [3.63, 3.8) is 0 Å². The van der Waals surface area contributed by atoms with Crippen LogP contribution < -0.4 is 4.74 Å². The standard InChI is InChI=1S/C14H20O4S/c1-14(2)9-10-5-4-6-11(13(10)18-14)12(15)7-8-19(3,16)17/h4-6,12,15H,7-9H2,1-3H3. The second-order valence-electron chi connectivity index (χ2n) is 5.81. The molecule has 1 aliphatic heterocycles. The third kappa shape index (κ3) is 3.48. The Hall–Kier alpha value is -1.07. The van der Waals surface area contributed by atoms with Crippen LogP contribution in [0.25, 0.3) is 0 Å². The zero-order valence-corrected chi connectivity index (χ0v) is 12.3. The van der Waals surface area contributed by atoms with Crippen LogP contribution in [0.1, 0.15) is 37.5 Å². The minimum Gasteiger partial charge on any atom is -0.487 e. The van der Waals surface area contributed by atoms with Gasteiger partial charge in [-0.3, -0.25) is 0 Å². The van der Waals surface area contributed by atoms with E-state index in [2.05, 4.69) is 0 Å². The summed E-state index contributed by atoms with van der Waals surface area (Å²) >= 11 is 0. The first-order valence-electron chi connectivity index (χ1n) is 6.34. The lowest BCUT2D eigenvalue weighted by Crippen LogP contribution is -2.25. The zero-order chi connectivity index (χ0) is 14.3. The lowest BCUT2D eigenvalue weighted by atomic mass is 9.98. The quantitative estimate of drug-likeness (QED) is 0.916. The molecule has 0 aromatic heterocycles. The number of rotatable bonds is 4. The Bertz CT molecular complexity index is 575. The first-order chi connectivity index (χ1) is 8.68. The summed E-state index contributed by atoms with van der Waals surface area (Å²) in [5, 5.41) is 10.2. The molecule has 106 valence electrons. The molecule has 19 heavy (non-hydrogen) atoms. The average molecular weight is 284 g/mol. The van der Waals surface area contributed by atoms with E-state index in [4.69, 9.17) is 4.74 Å². The highest BCUT2D eigenvalue weighted by molar-refractivity contribution is 7.90. The minimum absolute atomic E-state index is 0.0266. The molecule has 0 bridgehead atoms. The summed E-state index contributed by atoms with van der Waals surface area (Å²) in [4.78, 5) is 0. The average Bonchev–Trinajstić information content (AvgIpc) is 2.58. The number of fused-ring (bicyclic) bond motifs is 1. The van der Waals surface area contributed by atoms with E-state index in [0.29, 0.717) is 11.3 Å². The van der Waals surface area contributed by atoms with Crippen LogP contribution in [-0.2, 0) is 16.3 Å². The third-order valence-corrected chi connectivity index (χ3v) is 4.22. The van der Waals surface area contributed by atoms with E-state index in [0.717, 1.165) is 12.0 Å². The van der Waals surface area contributed by atoms with Gasteiger partial charge in [-0.2, -0.15) is 0 Å². The number of para-hydroxylation sites is 1. The molecule has 5 heteroatoms. The second-order valence-corrected chi connectivity index (χ2v) is 8.07. The van der Waals surface area contributed by atoms with E-state index in [1.807, 2.05) is 26.0 Å². The fraction of sp³-hybridized carbons (Fsp3) is 0.571. The molecule has 1 atom stereocenters. The molecule has 0 amide bonds. The van der Waals surface area contributed by atoms with E-state index in [9.17, 15) is 13.5 Å². The molecule has 0 saturated carbocycles. The molecule has 2 rings (SSSR count). The first kappa shape index (κ1) is 14.3. The Morgan fingerprint density at radius 3 is 2.74 bits per heavy atom. The predicted molar refractivity (Wildman–Crippen MR) is 74.1 cm³/mol. The first-order valence-corrected chi connectivity index (χ1v) is 8.41. The van der Waals surface area contributed by atoms with E-state index >= 15 is 0 Å². The van der Waals surface area contributed by atoms with Crippen LogP contribution in [0.5, 0.6) is 5.75 Å². The van der Waals surface area contributed by atoms with Crippen molar-refractivity contribution in [3.05, 3.63) is 29.3 Å². The largest absolute Gasteiger partial charge is 0.487 e. The van der Waals surface area contributed by atoms with Crippen LogP contribution in [0.3, 0.4) is 0 Å². The van der Waals surface area contributed by atoms with Crippen LogP contribution in [-0.4, -0.2) is 31.1 Å². The Kier molecular flexibility index (Phi) is 3.62. The van der Waals surface area contributed by atoms with E-state index in [1.54, 1.807) is 6.07 Å². The molecule has 1 unspecified atom stereocenters. The van der Waals surface area contributed by atoms with Crippen LogP contribution in [0.4, 0.5) is 0 Å². The fourth-order valence-electron chi connectivity index (χ4n) is 2.38. The van der Waals surface area contributed by atoms with Crippen molar-refractivity contribution in [2.24, 2.45) is 0 Å². The molecule has 0 spiro atoms. The van der Waals surface area contributed by atoms with E-state index < -0.39 is 15.9 Å². The zero-order valence-electron chi connectivity index (χ0n) is 11.5. The highest BCUT2D eigenvalue weighted by Gasteiger charge is 2.32. The van der Waals surface area contributed by atoms with E-state index in [-0.39, 0.29) is 17.8 Å². The van der Waals surface area contributed by atoms with Crippen molar-refractivity contribution in [1.29, 1.82) is 0 Å². The van der Waals surface area contributed by atoms with Gasteiger partial charge in [-0.25, -0.2) is 8.42 Å². The summed E-state index contributed by atoms with van der Waals surface area (Å²) < 4.78 is 28.2. The summed E-state index contributed by atoms with van der Waals surface area (Å²) in [5.41, 5.74) is 1.49. The number of aliphatic hydroxyl groups is 1. The normalized spacial score (nSPS) is 18.7. The number of sulfone groups is 1. The Balaban J connectivity index is 2.21. The molecule has 0 radical (unpaired) electrons. The van der Waals surface area contributed by atoms with Gasteiger partial charge in [-0.05, 0) is 25.8 Å². The molecule has 1 aromatic carbocycles. The van der Waals surface area contributed by atoms with Crippen molar-refractivity contribution < 1.29 is 18.3 Å². The molecule has 1 N–H and O–H groups in total. The monoisotopic (exact) mass is 284 g/mol. The van der Waals surface area contributed by atoms with Crippen LogP contribution >= 0.6 is 0 Å². The van der Waals surface area contributed by atoms with Gasteiger partial charge >= 0.3 is 0 Å². The molecular formula is C14H20O4S. The second kappa shape index (κ2) is 4.80. The van der Waals surface area contributed by atoms with E-state index in [1.165, 1.54) is 6.26 Å². The van der Waals surface area contributed by atoms with Gasteiger partial charge in [-0.15, -0.1) is 0 Å². The lowest BCUT2D eigenvalue weighted by Gasteiger charge is -2.19. The fourth-order valence-corrected chi connectivity index (χ4v) is 3.03. The van der Waals surface area contributed by atoms with Crippen molar-refractivity contribution in [1.82, 2.24) is 0 Å². The number of hydrogen-bond acceptors (Lipinski definition) is 4. The van der Waals surface area contributed by atoms with Gasteiger partial charge in [0, 0.05) is 18.2 Å². The van der Waals surface area contributed by atoms with Gasteiger partial charge in [0.15, 0.2) is 0 Å². The third-order valence-electron chi connectivity index (χ3n) is 3.24. The number of ether oxygens (including phenoxy) is 1. The highest BCUT2D eigenvalue weighted by Crippen LogP contribution is 2.40. The predicted octanol–water partition coefficient (Wildman–Crippen LogP) is 1.87. The minimum atomic E-state index is -3.06. The molecule has 1 aromatic rings. The summed E-state index contributed by atoms with van der Waals surface area (Å²) in [6.07, 6.45) is 1.36. The maximum Gasteiger partial charge on any atom is 0.147 e. The van der Waals surface area contributed by atoms with Crippen molar-refractivity contribution in [3.8, 4) is 5.75 Å². The topological polar surface area (TPSA) is 63.6 Å². The Morgan fingerprint density at radius 2 is 2.11 bits per heavy atom. The maximum atomic E-state index is 11.2. The SMILES string of the molecule is CC1(C)Cc2cccc(C(O)CCS(C)(=O)=O)c2O1. The molecule has 4 nitrogen and oxygen atoms in total. The summed E-state index contributed by atoms with van der Waals surface area (Å²) in [6, 6.07) is 5.66. The van der Waals surface area contributed by atoms with Crippen molar-refractivity contribution in [2.75, 3.05) is 12.0 Å². The summed E-state index contributed by atoms with van der Waals surface area (Å²) in [6.45, 7) is 4.00. The van der Waals surface area contributed by atoms with Gasteiger partial charge in [0.25, 0.3) is 0 Å². The van der Waals surface area contributed by atoms with Crippen LogP contribution in [0.2, 0.25) is 0 Å². The Morgan fingerprint density at radius 1 is 1.42 bits per heavy atom. The lowest BCUT2D eigenvalue weighted by molar-refractivity contribution is 0.125. The molecule has 0 fully saturated rings. The molecule has 1 heterocycles. The molecule has 0 saturated heterocycles. The molecule has 1 aliphatic rings. The van der Waals surface area contributed by atoms with Gasteiger partial charge in [0.05, 0.1) is 11.9 Å². The van der Waals surface area contributed by atoms with Crippen LogP contribution in [0.15, 0.2) is 18.2 Å². The van der Waals surface area contributed by atoms with Crippen molar-refractivity contribution in [2.45, 2.75) is 38.4 Å². The Labute approximate surface area is 114 Å². The van der Waals surface area contributed by atoms with Crippen molar-refractivity contribution >= 4 is 9.84 Å². The number of aliphatic hydroxyl groups excluding tert-OH is 1. The van der Waals surface area contributed by atoms with Gasteiger partial charge < -0.3 is 9.84 Å². The highest BCUT2D eigenvalue weighted by atomic mass is 32.2. The van der Waals surface area contributed by atoms with Gasteiger partial charge in [-0.1, -0.05) is 18.2 Å². The smallest absolute Gasteiger partial charge is 0.147 e. The number of hydrogen-bond donors (Lipinski definition) is 1. The summed E-state index contributed by atoms with van der Waals surface area (Å²) in [5.74, 6) is 0.690. The van der Waals surface area contributed by atoms with Gasteiger partial charge in [0.2, 0.25) is 0 Å². The summed E-state index contributed by atoms with van der Waals surface area (Å²) in [7, 11) is -3.06. The van der Waals surface area contributed by atoms with Crippen LogP contribution in [0, 0.1) is 0 Å². The maximum absolute atomic E-state index is 11.2. The molecular weight excluding hydrogens is 264 g/mol. The molecule has 0 aliphatic carbocycles. The number of benzene rings is 1.